The van der Waals surface area contributed by atoms with Crippen molar-refractivity contribution < 1.29 is 0 Å². The maximum atomic E-state index is 5.68. The average Bonchev–Trinajstić information content (AvgIpc) is 2.74. The molecule has 15 heavy (non-hydrogen) atoms. The van der Waals surface area contributed by atoms with E-state index in [2.05, 4.69) is 30.2 Å². The molecule has 0 radical (unpaired) electrons. The number of hydrogen-bond acceptors (Lipinski definition) is 3. The molecule has 1 aliphatic rings. The van der Waals surface area contributed by atoms with E-state index in [9.17, 15) is 0 Å². The van der Waals surface area contributed by atoms with Crippen LogP contribution in [0.25, 0.3) is 0 Å². The van der Waals surface area contributed by atoms with Gasteiger partial charge in [-0.2, -0.15) is 0 Å². The molecule has 3 nitrogen and oxygen atoms in total. The molecule has 1 aromatic rings. The van der Waals surface area contributed by atoms with Crippen molar-refractivity contribution >= 4 is 5.82 Å². The second-order valence-corrected chi connectivity index (χ2v) is 5.05. The molecule has 0 saturated heterocycles. The Hall–Kier alpha value is -1.09. The monoisotopic (exact) mass is 205 g/mol. The highest BCUT2D eigenvalue weighted by Crippen LogP contribution is 2.46. The maximum absolute atomic E-state index is 5.68. The van der Waals surface area contributed by atoms with Crippen LogP contribution in [0.2, 0.25) is 0 Å². The van der Waals surface area contributed by atoms with Crippen LogP contribution < -0.4 is 11.1 Å². The quantitative estimate of drug-likeness (QED) is 0.794. The maximum Gasteiger partial charge on any atom is 0.130 e. The lowest BCUT2D eigenvalue weighted by Crippen LogP contribution is -2.13. The number of pyridine rings is 1. The number of rotatable bonds is 3. The first-order chi connectivity index (χ1) is 7.03. The molecule has 0 aromatic carbocycles. The summed E-state index contributed by atoms with van der Waals surface area (Å²) < 4.78 is 0. The van der Waals surface area contributed by atoms with Gasteiger partial charge in [-0.05, 0) is 24.8 Å². The zero-order valence-electron chi connectivity index (χ0n) is 9.67. The largest absolute Gasteiger partial charge is 0.367 e. The normalized spacial score (nSPS) is 22.5. The Kier molecular flexibility index (Phi) is 2.43. The van der Waals surface area contributed by atoms with E-state index in [1.165, 1.54) is 6.42 Å². The molecule has 1 saturated carbocycles. The van der Waals surface area contributed by atoms with Gasteiger partial charge in [0.1, 0.15) is 5.82 Å². The molecular weight excluding hydrogens is 186 g/mol. The molecule has 0 amide bonds. The summed E-state index contributed by atoms with van der Waals surface area (Å²) in [7, 11) is 0. The number of nitrogens with zero attached hydrogens (tertiary/aromatic N) is 1. The van der Waals surface area contributed by atoms with Crippen LogP contribution in [-0.4, -0.2) is 11.0 Å². The van der Waals surface area contributed by atoms with Crippen molar-refractivity contribution in [1.29, 1.82) is 0 Å². The van der Waals surface area contributed by atoms with Crippen LogP contribution >= 0.6 is 0 Å². The highest BCUT2D eigenvalue weighted by molar-refractivity contribution is 5.47. The van der Waals surface area contributed by atoms with Gasteiger partial charge in [-0.1, -0.05) is 19.9 Å². The minimum atomic E-state index is 0.414. The topological polar surface area (TPSA) is 50.9 Å². The van der Waals surface area contributed by atoms with Gasteiger partial charge in [-0.3, -0.25) is 0 Å². The van der Waals surface area contributed by atoms with Crippen LogP contribution in [0, 0.1) is 12.3 Å². The molecule has 0 bridgehead atoms. The van der Waals surface area contributed by atoms with Crippen molar-refractivity contribution in [3.8, 4) is 0 Å². The molecule has 1 heterocycles. The molecule has 1 atom stereocenters. The molecule has 3 N–H and O–H groups in total. The van der Waals surface area contributed by atoms with Crippen LogP contribution in [-0.2, 0) is 6.54 Å². The van der Waals surface area contributed by atoms with E-state index < -0.39 is 0 Å². The first-order valence-corrected chi connectivity index (χ1v) is 5.46. The van der Waals surface area contributed by atoms with Gasteiger partial charge in [0.25, 0.3) is 0 Å². The number of aryl methyl sites for hydroxylation is 1. The molecule has 1 aromatic heterocycles. The van der Waals surface area contributed by atoms with E-state index in [-0.39, 0.29) is 0 Å². The predicted molar refractivity (Wildman–Crippen MR) is 62.7 cm³/mol. The van der Waals surface area contributed by atoms with Gasteiger partial charge in [0.05, 0.1) is 0 Å². The van der Waals surface area contributed by atoms with Crippen LogP contribution in [0.3, 0.4) is 0 Å². The predicted octanol–water partition coefficient (Wildman–Crippen LogP) is 2.06. The first-order valence-electron chi connectivity index (χ1n) is 5.46. The Labute approximate surface area is 91.1 Å². The van der Waals surface area contributed by atoms with Crippen molar-refractivity contribution in [3.63, 3.8) is 0 Å². The average molecular weight is 205 g/mol. The highest BCUT2D eigenvalue weighted by atomic mass is 15.1. The number of nitrogens with one attached hydrogen (secondary N) is 1. The number of aromatic nitrogens is 1. The number of nitrogens with two attached hydrogens (primary N) is 1. The number of hydrogen-bond donors (Lipinski definition) is 2. The van der Waals surface area contributed by atoms with Crippen molar-refractivity contribution in [2.45, 2.75) is 39.8 Å². The van der Waals surface area contributed by atoms with Crippen LogP contribution in [0.1, 0.15) is 31.5 Å². The van der Waals surface area contributed by atoms with E-state index >= 15 is 0 Å². The van der Waals surface area contributed by atoms with Crippen molar-refractivity contribution in [2.75, 3.05) is 5.32 Å². The summed E-state index contributed by atoms with van der Waals surface area (Å²) in [6.45, 7) is 7.08. The van der Waals surface area contributed by atoms with Crippen molar-refractivity contribution in [2.24, 2.45) is 11.1 Å². The summed E-state index contributed by atoms with van der Waals surface area (Å²) in [5.74, 6) is 0.966. The second kappa shape index (κ2) is 3.49. The third-order valence-electron chi connectivity index (χ3n) is 3.16. The van der Waals surface area contributed by atoms with E-state index in [0.29, 0.717) is 18.0 Å². The molecule has 0 spiro atoms. The third-order valence-corrected chi connectivity index (χ3v) is 3.16. The van der Waals surface area contributed by atoms with E-state index in [4.69, 9.17) is 5.73 Å². The lowest BCUT2D eigenvalue weighted by atomic mass is 10.2. The van der Waals surface area contributed by atoms with E-state index in [1.54, 1.807) is 0 Å². The summed E-state index contributed by atoms with van der Waals surface area (Å²) in [5.41, 5.74) is 8.23. The molecular formula is C12H19N3. The zero-order chi connectivity index (χ0) is 11.1. The van der Waals surface area contributed by atoms with Gasteiger partial charge in [-0.15, -0.1) is 0 Å². The Balaban J connectivity index is 2.16. The van der Waals surface area contributed by atoms with Gasteiger partial charge >= 0.3 is 0 Å². The zero-order valence-corrected chi connectivity index (χ0v) is 9.67. The van der Waals surface area contributed by atoms with Crippen molar-refractivity contribution in [1.82, 2.24) is 4.98 Å². The van der Waals surface area contributed by atoms with Gasteiger partial charge in [0.2, 0.25) is 0 Å². The minimum absolute atomic E-state index is 0.414. The van der Waals surface area contributed by atoms with E-state index in [0.717, 1.165) is 17.1 Å². The third kappa shape index (κ3) is 2.12. The fourth-order valence-electron chi connectivity index (χ4n) is 1.75. The lowest BCUT2D eigenvalue weighted by Gasteiger charge is -2.11. The molecule has 1 fully saturated rings. The molecule has 2 rings (SSSR count). The molecule has 1 aliphatic carbocycles. The Morgan fingerprint density at radius 2 is 2.20 bits per heavy atom. The molecule has 3 heteroatoms. The highest BCUT2D eigenvalue weighted by Gasteiger charge is 2.46. The Morgan fingerprint density at radius 3 is 2.73 bits per heavy atom. The fourth-order valence-corrected chi connectivity index (χ4v) is 1.75. The summed E-state index contributed by atoms with van der Waals surface area (Å²) in [6.07, 6.45) is 1.21. The minimum Gasteiger partial charge on any atom is -0.367 e. The molecule has 0 aliphatic heterocycles. The summed E-state index contributed by atoms with van der Waals surface area (Å²) >= 11 is 0. The summed E-state index contributed by atoms with van der Waals surface area (Å²) in [4.78, 5) is 4.50. The Morgan fingerprint density at radius 1 is 1.53 bits per heavy atom. The molecule has 1 unspecified atom stereocenters. The Bertz CT molecular complexity index is 371. The standard InChI is InChI=1S/C12H19N3/c1-8-4-5-9(7-13)11(14-8)15-10-6-12(10,2)3/h4-5,10H,6-7,13H2,1-3H3,(H,14,15). The first kappa shape index (κ1) is 10.4. The van der Waals surface area contributed by atoms with Crippen LogP contribution in [0.5, 0.6) is 0 Å². The van der Waals surface area contributed by atoms with Gasteiger partial charge in [0.15, 0.2) is 0 Å². The van der Waals surface area contributed by atoms with Crippen LogP contribution in [0.4, 0.5) is 5.82 Å². The van der Waals surface area contributed by atoms with E-state index in [1.807, 2.05) is 13.0 Å². The van der Waals surface area contributed by atoms with Crippen molar-refractivity contribution in [3.05, 3.63) is 23.4 Å². The summed E-state index contributed by atoms with van der Waals surface area (Å²) in [5, 5.41) is 3.48. The fraction of sp³-hybridized carbons (Fsp3) is 0.583. The van der Waals surface area contributed by atoms with Gasteiger partial charge in [0, 0.05) is 23.8 Å². The second-order valence-electron chi connectivity index (χ2n) is 5.05. The summed E-state index contributed by atoms with van der Waals surface area (Å²) in [6, 6.07) is 4.61. The van der Waals surface area contributed by atoms with Gasteiger partial charge < -0.3 is 11.1 Å². The smallest absolute Gasteiger partial charge is 0.130 e. The SMILES string of the molecule is Cc1ccc(CN)c(NC2CC2(C)C)n1. The van der Waals surface area contributed by atoms with Crippen LogP contribution in [0.15, 0.2) is 12.1 Å². The lowest BCUT2D eigenvalue weighted by molar-refractivity contribution is 0.629. The number of anilines is 1. The molecule has 82 valence electrons. The van der Waals surface area contributed by atoms with Gasteiger partial charge in [-0.25, -0.2) is 4.98 Å².